The lowest BCUT2D eigenvalue weighted by atomic mass is 9.78. The Morgan fingerprint density at radius 1 is 1.64 bits per heavy atom. The van der Waals surface area contributed by atoms with Gasteiger partial charge in [0, 0.05) is 25.1 Å². The van der Waals surface area contributed by atoms with Crippen LogP contribution in [-0.2, 0) is 4.74 Å². The van der Waals surface area contributed by atoms with Gasteiger partial charge in [0.05, 0.1) is 12.9 Å². The SMILES string of the molecule is CCOC[C@]1(C)CN(C)CC/C1=C\F. The third-order valence-corrected chi connectivity index (χ3v) is 2.91. The molecule has 1 atom stereocenters. The molecule has 1 aliphatic heterocycles. The standard InChI is InChI=1S/C11H20FNO/c1-4-14-9-11(2)8-13(3)6-5-10(11)7-12/h7H,4-6,8-9H2,1-3H3/b10-7+/t11-/m0/s1. The van der Waals surface area contributed by atoms with Crippen LogP contribution in [0.5, 0.6) is 0 Å². The quantitative estimate of drug-likeness (QED) is 0.694. The van der Waals surface area contributed by atoms with Gasteiger partial charge in [-0.2, -0.15) is 0 Å². The van der Waals surface area contributed by atoms with Crippen LogP contribution in [-0.4, -0.2) is 38.3 Å². The van der Waals surface area contributed by atoms with E-state index in [0.29, 0.717) is 13.2 Å². The predicted octanol–water partition coefficient (Wildman–Crippen LogP) is 2.22. The molecule has 0 aliphatic carbocycles. The summed E-state index contributed by atoms with van der Waals surface area (Å²) in [5, 5.41) is 0. The lowest BCUT2D eigenvalue weighted by molar-refractivity contribution is 0.0460. The molecule has 0 radical (unpaired) electrons. The second-order valence-electron chi connectivity index (χ2n) is 4.32. The second kappa shape index (κ2) is 4.89. The third-order valence-electron chi connectivity index (χ3n) is 2.91. The van der Waals surface area contributed by atoms with E-state index in [1.165, 1.54) is 0 Å². The van der Waals surface area contributed by atoms with E-state index in [-0.39, 0.29) is 5.41 Å². The zero-order valence-corrected chi connectivity index (χ0v) is 9.35. The molecule has 0 spiro atoms. The molecule has 0 aromatic carbocycles. The van der Waals surface area contributed by atoms with Gasteiger partial charge in [0.1, 0.15) is 0 Å². The number of hydrogen-bond acceptors (Lipinski definition) is 2. The van der Waals surface area contributed by atoms with E-state index in [4.69, 9.17) is 4.74 Å². The summed E-state index contributed by atoms with van der Waals surface area (Å²) in [6.07, 6.45) is 1.59. The Morgan fingerprint density at radius 3 is 2.93 bits per heavy atom. The van der Waals surface area contributed by atoms with Crippen LogP contribution in [0.3, 0.4) is 0 Å². The summed E-state index contributed by atoms with van der Waals surface area (Å²) in [7, 11) is 2.07. The van der Waals surface area contributed by atoms with Crippen LogP contribution in [0.1, 0.15) is 20.3 Å². The Hall–Kier alpha value is -0.410. The van der Waals surface area contributed by atoms with Crippen LogP contribution >= 0.6 is 0 Å². The summed E-state index contributed by atoms with van der Waals surface area (Å²) in [6, 6.07) is 0. The highest BCUT2D eigenvalue weighted by atomic mass is 19.1. The zero-order valence-electron chi connectivity index (χ0n) is 9.35. The summed E-state index contributed by atoms with van der Waals surface area (Å²) in [4.78, 5) is 2.23. The molecular formula is C11H20FNO. The first-order chi connectivity index (χ1) is 6.62. The number of hydrogen-bond donors (Lipinski definition) is 0. The molecule has 0 amide bonds. The van der Waals surface area contributed by atoms with Gasteiger partial charge in [-0.05, 0) is 26.0 Å². The van der Waals surface area contributed by atoms with Crippen LogP contribution in [0.2, 0.25) is 0 Å². The summed E-state index contributed by atoms with van der Waals surface area (Å²) in [5.41, 5.74) is 0.752. The minimum Gasteiger partial charge on any atom is -0.381 e. The molecule has 1 aliphatic rings. The smallest absolute Gasteiger partial charge is 0.0866 e. The fourth-order valence-electron chi connectivity index (χ4n) is 2.04. The van der Waals surface area contributed by atoms with Gasteiger partial charge in [-0.15, -0.1) is 0 Å². The fourth-order valence-corrected chi connectivity index (χ4v) is 2.04. The average Bonchev–Trinajstić information content (AvgIpc) is 2.15. The Labute approximate surface area is 85.7 Å². The maximum Gasteiger partial charge on any atom is 0.0866 e. The largest absolute Gasteiger partial charge is 0.381 e. The molecule has 14 heavy (non-hydrogen) atoms. The normalized spacial score (nSPS) is 32.4. The van der Waals surface area contributed by atoms with E-state index in [2.05, 4.69) is 18.9 Å². The lowest BCUT2D eigenvalue weighted by Crippen LogP contribution is -2.43. The highest BCUT2D eigenvalue weighted by Gasteiger charge is 2.34. The van der Waals surface area contributed by atoms with Crippen molar-refractivity contribution in [2.45, 2.75) is 20.3 Å². The summed E-state index contributed by atoms with van der Waals surface area (Å²) >= 11 is 0. The van der Waals surface area contributed by atoms with Crippen LogP contribution in [0.4, 0.5) is 4.39 Å². The molecule has 1 rings (SSSR count). The van der Waals surface area contributed by atoms with Crippen LogP contribution in [0.15, 0.2) is 11.9 Å². The van der Waals surface area contributed by atoms with Crippen molar-refractivity contribution in [1.29, 1.82) is 0 Å². The fraction of sp³-hybridized carbons (Fsp3) is 0.818. The topological polar surface area (TPSA) is 12.5 Å². The highest BCUT2D eigenvalue weighted by Crippen LogP contribution is 2.34. The maximum absolute atomic E-state index is 12.7. The van der Waals surface area contributed by atoms with Crippen molar-refractivity contribution in [3.05, 3.63) is 11.9 Å². The van der Waals surface area contributed by atoms with Gasteiger partial charge in [0.15, 0.2) is 0 Å². The zero-order chi connectivity index (χ0) is 10.6. The van der Waals surface area contributed by atoms with Crippen LogP contribution in [0.25, 0.3) is 0 Å². The number of likely N-dealkylation sites (tertiary alicyclic amines) is 1. The minimum absolute atomic E-state index is 0.141. The van der Waals surface area contributed by atoms with Crippen molar-refractivity contribution in [1.82, 2.24) is 4.90 Å². The molecule has 0 bridgehead atoms. The summed E-state index contributed by atoms with van der Waals surface area (Å²) < 4.78 is 18.1. The lowest BCUT2D eigenvalue weighted by Gasteiger charge is -2.40. The first-order valence-corrected chi connectivity index (χ1v) is 5.18. The molecule has 1 heterocycles. The second-order valence-corrected chi connectivity index (χ2v) is 4.32. The van der Waals surface area contributed by atoms with E-state index < -0.39 is 0 Å². The van der Waals surface area contributed by atoms with Crippen LogP contribution < -0.4 is 0 Å². The van der Waals surface area contributed by atoms with Crippen molar-refractivity contribution in [2.75, 3.05) is 33.4 Å². The summed E-state index contributed by atoms with van der Waals surface area (Å²) in [6.45, 7) is 7.17. The Morgan fingerprint density at radius 2 is 2.36 bits per heavy atom. The minimum atomic E-state index is -0.141. The van der Waals surface area contributed by atoms with Crippen molar-refractivity contribution >= 4 is 0 Å². The van der Waals surface area contributed by atoms with Gasteiger partial charge < -0.3 is 9.64 Å². The number of halogens is 1. The molecule has 82 valence electrons. The Balaban J connectivity index is 2.68. The molecule has 0 aromatic heterocycles. The van der Waals surface area contributed by atoms with E-state index in [0.717, 1.165) is 31.4 Å². The molecule has 0 unspecified atom stereocenters. The van der Waals surface area contributed by atoms with Gasteiger partial charge in [0.2, 0.25) is 0 Å². The number of ether oxygens (including phenoxy) is 1. The number of piperidine rings is 1. The first-order valence-electron chi connectivity index (χ1n) is 5.18. The van der Waals surface area contributed by atoms with Crippen molar-refractivity contribution in [3.63, 3.8) is 0 Å². The first kappa shape index (κ1) is 11.7. The van der Waals surface area contributed by atoms with Crippen LogP contribution in [0, 0.1) is 5.41 Å². The molecule has 0 aromatic rings. The Bertz CT molecular complexity index is 217. The maximum atomic E-state index is 12.7. The van der Waals surface area contributed by atoms with Crippen molar-refractivity contribution in [3.8, 4) is 0 Å². The van der Waals surface area contributed by atoms with Gasteiger partial charge in [-0.3, -0.25) is 0 Å². The van der Waals surface area contributed by atoms with Gasteiger partial charge in [-0.25, -0.2) is 4.39 Å². The molecule has 0 saturated carbocycles. The van der Waals surface area contributed by atoms with Gasteiger partial charge in [-0.1, -0.05) is 6.92 Å². The molecule has 3 heteroatoms. The van der Waals surface area contributed by atoms with Gasteiger partial charge >= 0.3 is 0 Å². The third kappa shape index (κ3) is 2.55. The van der Waals surface area contributed by atoms with E-state index in [9.17, 15) is 4.39 Å². The predicted molar refractivity (Wildman–Crippen MR) is 55.9 cm³/mol. The van der Waals surface area contributed by atoms with Crippen molar-refractivity contribution < 1.29 is 9.13 Å². The molecular weight excluding hydrogens is 181 g/mol. The van der Waals surface area contributed by atoms with E-state index in [1.807, 2.05) is 6.92 Å². The molecule has 1 saturated heterocycles. The average molecular weight is 201 g/mol. The van der Waals surface area contributed by atoms with Crippen molar-refractivity contribution in [2.24, 2.45) is 5.41 Å². The monoisotopic (exact) mass is 201 g/mol. The van der Waals surface area contributed by atoms with E-state index in [1.54, 1.807) is 0 Å². The molecule has 2 nitrogen and oxygen atoms in total. The highest BCUT2D eigenvalue weighted by molar-refractivity contribution is 5.15. The Kier molecular flexibility index (Phi) is 4.08. The number of nitrogens with zero attached hydrogens (tertiary/aromatic N) is 1. The molecule has 0 N–H and O–H groups in total. The number of rotatable bonds is 3. The van der Waals surface area contributed by atoms with Gasteiger partial charge in [0.25, 0.3) is 0 Å². The molecule has 1 fully saturated rings. The summed E-state index contributed by atoms with van der Waals surface area (Å²) in [5.74, 6) is 0. The van der Waals surface area contributed by atoms with E-state index >= 15 is 0 Å².